The van der Waals surface area contributed by atoms with E-state index >= 15 is 0 Å². The lowest BCUT2D eigenvalue weighted by Crippen LogP contribution is -2.56. The van der Waals surface area contributed by atoms with E-state index in [0.717, 1.165) is 32.1 Å². The van der Waals surface area contributed by atoms with Gasteiger partial charge in [0, 0.05) is 24.7 Å². The molecule has 0 aromatic rings. The number of rotatable bonds is 5. The zero-order valence-corrected chi connectivity index (χ0v) is 22.1. The van der Waals surface area contributed by atoms with E-state index in [9.17, 15) is 9.59 Å². The molecule has 4 rings (SSSR count). The van der Waals surface area contributed by atoms with Gasteiger partial charge in [0.05, 0.1) is 0 Å². The first-order chi connectivity index (χ1) is 14.8. The topological polar surface area (TPSA) is 34.1 Å². The highest BCUT2D eigenvalue weighted by Crippen LogP contribution is 2.72. The van der Waals surface area contributed by atoms with Crippen LogP contribution in [-0.4, -0.2) is 11.6 Å². The van der Waals surface area contributed by atoms with E-state index < -0.39 is 0 Å². The summed E-state index contributed by atoms with van der Waals surface area (Å²) in [6.07, 6.45) is 12.1. The van der Waals surface area contributed by atoms with Crippen molar-refractivity contribution in [2.75, 3.05) is 0 Å². The van der Waals surface area contributed by atoms with Gasteiger partial charge in [-0.25, -0.2) is 0 Å². The fourth-order valence-corrected chi connectivity index (χ4v) is 9.52. The molecule has 0 saturated heterocycles. The van der Waals surface area contributed by atoms with Gasteiger partial charge in [-0.1, -0.05) is 67.0 Å². The van der Waals surface area contributed by atoms with Gasteiger partial charge in [-0.3, -0.25) is 9.59 Å². The molecule has 0 aromatic heterocycles. The maximum atomic E-state index is 12.8. The molecule has 3 fully saturated rings. The van der Waals surface area contributed by atoms with Crippen LogP contribution < -0.4 is 0 Å². The van der Waals surface area contributed by atoms with E-state index in [2.05, 4.69) is 61.5 Å². The Morgan fingerprint density at radius 1 is 0.969 bits per heavy atom. The molecule has 2 heteroatoms. The molecule has 0 aliphatic heterocycles. The maximum Gasteiger partial charge on any atom is 0.138 e. The third-order valence-electron chi connectivity index (χ3n) is 11.5. The summed E-state index contributed by atoms with van der Waals surface area (Å²) in [4.78, 5) is 25.4. The van der Waals surface area contributed by atoms with Crippen molar-refractivity contribution in [3.63, 3.8) is 0 Å². The van der Waals surface area contributed by atoms with Crippen molar-refractivity contribution in [2.24, 2.45) is 51.2 Å². The van der Waals surface area contributed by atoms with Crippen LogP contribution in [0.15, 0.2) is 11.6 Å². The summed E-state index contributed by atoms with van der Waals surface area (Å²) < 4.78 is 0. The summed E-state index contributed by atoms with van der Waals surface area (Å²) >= 11 is 0. The minimum atomic E-state index is -0.191. The highest BCUT2D eigenvalue weighted by atomic mass is 16.1. The second kappa shape index (κ2) is 7.81. The summed E-state index contributed by atoms with van der Waals surface area (Å²) in [6.45, 7) is 18.7. The molecule has 7 atom stereocenters. The number of fused-ring (bicyclic) bond motifs is 5. The van der Waals surface area contributed by atoms with Crippen LogP contribution in [0.4, 0.5) is 0 Å². The van der Waals surface area contributed by atoms with E-state index in [1.807, 2.05) is 0 Å². The van der Waals surface area contributed by atoms with Gasteiger partial charge in [0.2, 0.25) is 0 Å². The molecule has 0 heterocycles. The van der Waals surface area contributed by atoms with E-state index in [1.54, 1.807) is 5.57 Å². The Morgan fingerprint density at radius 2 is 1.66 bits per heavy atom. The lowest BCUT2D eigenvalue weighted by molar-refractivity contribution is -0.143. The Morgan fingerprint density at radius 3 is 2.31 bits per heavy atom. The summed E-state index contributed by atoms with van der Waals surface area (Å²) in [5.41, 5.74) is 2.29. The van der Waals surface area contributed by atoms with Gasteiger partial charge < -0.3 is 0 Å². The first kappa shape index (κ1) is 24.2. The predicted octanol–water partition coefficient (Wildman–Crippen LogP) is 7.80. The van der Waals surface area contributed by atoms with E-state index in [4.69, 9.17) is 0 Å². The van der Waals surface area contributed by atoms with Crippen molar-refractivity contribution in [1.29, 1.82) is 0 Å². The largest absolute Gasteiger partial charge is 0.300 e. The van der Waals surface area contributed by atoms with Crippen LogP contribution in [-0.2, 0) is 9.59 Å². The second-order valence-corrected chi connectivity index (χ2v) is 13.9. The minimum Gasteiger partial charge on any atom is -0.300 e. The van der Waals surface area contributed by atoms with Crippen molar-refractivity contribution in [1.82, 2.24) is 0 Å². The lowest BCUT2D eigenvalue weighted by Gasteiger charge is -2.63. The Hall–Kier alpha value is -0.920. The number of allylic oxidation sites excluding steroid dienone is 2. The molecule has 3 saturated carbocycles. The van der Waals surface area contributed by atoms with Gasteiger partial charge in [0.25, 0.3) is 0 Å². The Bertz CT molecular complexity index is 819. The van der Waals surface area contributed by atoms with Gasteiger partial charge in [0.15, 0.2) is 0 Å². The van der Waals surface area contributed by atoms with E-state index in [1.165, 1.54) is 25.7 Å². The molecule has 0 aromatic carbocycles. The van der Waals surface area contributed by atoms with Crippen molar-refractivity contribution >= 4 is 11.6 Å². The zero-order valence-electron chi connectivity index (χ0n) is 22.1. The van der Waals surface area contributed by atoms with Gasteiger partial charge in [-0.05, 0) is 84.4 Å². The average Bonchev–Trinajstić information content (AvgIpc) is 2.96. The highest BCUT2D eigenvalue weighted by Gasteiger charge is 2.65. The second-order valence-electron chi connectivity index (χ2n) is 13.9. The molecule has 4 aliphatic rings. The fourth-order valence-electron chi connectivity index (χ4n) is 9.52. The number of ketones is 2. The molecule has 180 valence electrons. The average molecular weight is 441 g/mol. The molecule has 0 bridgehead atoms. The quantitative estimate of drug-likeness (QED) is 0.409. The molecule has 2 nitrogen and oxygen atoms in total. The zero-order chi connectivity index (χ0) is 23.7. The third-order valence-corrected chi connectivity index (χ3v) is 11.5. The summed E-state index contributed by atoms with van der Waals surface area (Å²) in [5.74, 6) is 3.64. The van der Waals surface area contributed by atoms with Gasteiger partial charge in [-0.15, -0.1) is 0 Å². The van der Waals surface area contributed by atoms with Gasteiger partial charge in [0.1, 0.15) is 11.6 Å². The molecule has 32 heavy (non-hydrogen) atoms. The molecule has 0 spiro atoms. The van der Waals surface area contributed by atoms with Crippen molar-refractivity contribution in [3.8, 4) is 0 Å². The summed E-state index contributed by atoms with van der Waals surface area (Å²) in [6, 6.07) is 0. The first-order valence-electron chi connectivity index (χ1n) is 13.5. The van der Waals surface area contributed by atoms with Crippen LogP contribution in [0.25, 0.3) is 0 Å². The Kier molecular flexibility index (Phi) is 5.91. The van der Waals surface area contributed by atoms with Crippen LogP contribution in [0.3, 0.4) is 0 Å². The van der Waals surface area contributed by atoms with Gasteiger partial charge in [-0.2, -0.15) is 0 Å². The third kappa shape index (κ3) is 3.32. The highest BCUT2D eigenvalue weighted by molar-refractivity contribution is 5.85. The number of carbonyl (C=O) groups is 2. The molecule has 0 radical (unpaired) electrons. The van der Waals surface area contributed by atoms with E-state index in [0.29, 0.717) is 46.6 Å². The van der Waals surface area contributed by atoms with Gasteiger partial charge >= 0.3 is 0 Å². The SMILES string of the molecule is CC(C)CC(=O)C[C@@H](C)[C@H]1CC[C@@]2(C)[C@@H]3CC[C@H]4C(C)(C)C(=O)CC[C@]4(C)C3=CC[C@]12C. The standard InChI is InChI=1S/C30H48O2/c1-19(2)17-21(31)18-20(3)22-11-15-30(8)24-9-10-25-27(4,5)26(32)13-14-28(25,6)23(24)12-16-29(22,30)7/h12,19-20,22,24-25H,9-11,13-18H2,1-8H3/t20-,22-,24-,25+,28-,29-,30+/m1/s1. The molecule has 0 amide bonds. The van der Waals surface area contributed by atoms with Crippen molar-refractivity contribution < 1.29 is 9.59 Å². The summed E-state index contributed by atoms with van der Waals surface area (Å²) in [5, 5.41) is 0. The van der Waals surface area contributed by atoms with Crippen LogP contribution in [0.2, 0.25) is 0 Å². The normalized spacial score (nSPS) is 43.8. The number of Topliss-reactive ketones (excluding diaryl/α,β-unsaturated/α-hetero) is 2. The van der Waals surface area contributed by atoms with Crippen molar-refractivity contribution in [2.45, 2.75) is 113 Å². The number of carbonyl (C=O) groups excluding carboxylic acids is 2. The molecular formula is C30H48O2. The van der Waals surface area contributed by atoms with Crippen LogP contribution in [0.1, 0.15) is 113 Å². The minimum absolute atomic E-state index is 0.182. The van der Waals surface area contributed by atoms with Crippen LogP contribution >= 0.6 is 0 Å². The molecule has 0 unspecified atom stereocenters. The predicted molar refractivity (Wildman–Crippen MR) is 132 cm³/mol. The monoisotopic (exact) mass is 440 g/mol. The molecular weight excluding hydrogens is 392 g/mol. The first-order valence-corrected chi connectivity index (χ1v) is 13.5. The smallest absolute Gasteiger partial charge is 0.138 e. The summed E-state index contributed by atoms with van der Waals surface area (Å²) in [7, 11) is 0. The van der Waals surface area contributed by atoms with E-state index in [-0.39, 0.29) is 16.2 Å². The Balaban J connectivity index is 1.63. The fraction of sp³-hybridized carbons (Fsp3) is 0.867. The molecule has 4 aliphatic carbocycles. The number of hydrogen-bond acceptors (Lipinski definition) is 2. The van der Waals surface area contributed by atoms with Crippen molar-refractivity contribution in [3.05, 3.63) is 11.6 Å². The van der Waals surface area contributed by atoms with Crippen LogP contribution in [0, 0.1) is 51.2 Å². The number of hydrogen-bond donors (Lipinski definition) is 0. The maximum absolute atomic E-state index is 12.8. The van der Waals surface area contributed by atoms with Crippen LogP contribution in [0.5, 0.6) is 0 Å². The lowest BCUT2D eigenvalue weighted by atomic mass is 9.41. The Labute approximate surface area is 197 Å². The molecule has 0 N–H and O–H groups in total.